The summed E-state index contributed by atoms with van der Waals surface area (Å²) >= 11 is 0. The number of nitrogens with one attached hydrogen (secondary N) is 2. The molecular weight excluding hydrogens is 412 g/mol. The largest absolute Gasteiger partial charge is 0.457 e. The van der Waals surface area contributed by atoms with Gasteiger partial charge >= 0.3 is 0 Å². The molecule has 0 atom stereocenters. The van der Waals surface area contributed by atoms with Crippen molar-refractivity contribution in [1.29, 1.82) is 0 Å². The highest BCUT2D eigenvalue weighted by Crippen LogP contribution is 2.31. The number of para-hydroxylation sites is 2. The maximum atomic E-state index is 6.39. The molecule has 2 aromatic heterocycles. The zero-order chi connectivity index (χ0) is 22.6. The molecule has 7 nitrogen and oxygen atoms in total. The molecule has 162 valence electrons. The predicted octanol–water partition coefficient (Wildman–Crippen LogP) is 6.19. The Hall–Kier alpha value is -4.65. The molecule has 5 rings (SSSR count). The SMILES string of the molecule is Cc1ccc2cccc(Nc3ncnc(Nc4ccc(Oc5ccccc5)cc4)c3N)c2n1. The van der Waals surface area contributed by atoms with Crippen LogP contribution in [0.1, 0.15) is 5.69 Å². The van der Waals surface area contributed by atoms with Crippen molar-refractivity contribution in [2.24, 2.45) is 0 Å². The fourth-order valence-corrected chi connectivity index (χ4v) is 3.44. The number of aromatic nitrogens is 3. The summed E-state index contributed by atoms with van der Waals surface area (Å²) in [4.78, 5) is 13.3. The zero-order valence-corrected chi connectivity index (χ0v) is 18.0. The van der Waals surface area contributed by atoms with Crippen LogP contribution in [0, 0.1) is 6.92 Å². The Kier molecular flexibility index (Phi) is 5.43. The first-order valence-electron chi connectivity index (χ1n) is 10.5. The van der Waals surface area contributed by atoms with Gasteiger partial charge in [0.1, 0.15) is 23.5 Å². The molecule has 0 radical (unpaired) electrons. The lowest BCUT2D eigenvalue weighted by atomic mass is 10.1. The van der Waals surface area contributed by atoms with Crippen molar-refractivity contribution in [3.63, 3.8) is 0 Å². The smallest absolute Gasteiger partial charge is 0.159 e. The summed E-state index contributed by atoms with van der Waals surface area (Å²) in [7, 11) is 0. The molecule has 0 aliphatic rings. The number of hydrogen-bond donors (Lipinski definition) is 3. The van der Waals surface area contributed by atoms with Gasteiger partial charge in [0, 0.05) is 16.8 Å². The number of ether oxygens (including phenoxy) is 1. The van der Waals surface area contributed by atoms with E-state index >= 15 is 0 Å². The van der Waals surface area contributed by atoms with Crippen molar-refractivity contribution in [2.75, 3.05) is 16.4 Å². The molecule has 0 bridgehead atoms. The summed E-state index contributed by atoms with van der Waals surface area (Å²) < 4.78 is 5.84. The van der Waals surface area contributed by atoms with E-state index in [1.54, 1.807) is 0 Å². The number of nitrogens with zero attached hydrogens (tertiary/aromatic N) is 3. The Bertz CT molecular complexity index is 1400. The highest BCUT2D eigenvalue weighted by molar-refractivity contribution is 5.93. The minimum Gasteiger partial charge on any atom is -0.457 e. The molecule has 0 saturated carbocycles. The fourth-order valence-electron chi connectivity index (χ4n) is 3.44. The summed E-state index contributed by atoms with van der Waals surface area (Å²) in [5.41, 5.74) is 10.3. The van der Waals surface area contributed by atoms with E-state index < -0.39 is 0 Å². The zero-order valence-electron chi connectivity index (χ0n) is 18.0. The average Bonchev–Trinajstić information content (AvgIpc) is 2.84. The van der Waals surface area contributed by atoms with Gasteiger partial charge in [-0.25, -0.2) is 9.97 Å². The number of aryl methyl sites for hydroxylation is 1. The second-order valence-electron chi connectivity index (χ2n) is 7.50. The van der Waals surface area contributed by atoms with Crippen LogP contribution in [0.2, 0.25) is 0 Å². The Labute approximate surface area is 191 Å². The number of benzene rings is 3. The first-order chi connectivity index (χ1) is 16.2. The number of nitrogens with two attached hydrogens (primary N) is 1. The third-order valence-corrected chi connectivity index (χ3v) is 5.09. The van der Waals surface area contributed by atoms with Gasteiger partial charge in [-0.2, -0.15) is 0 Å². The van der Waals surface area contributed by atoms with E-state index in [9.17, 15) is 0 Å². The molecule has 3 aromatic carbocycles. The van der Waals surface area contributed by atoms with Crippen LogP contribution < -0.4 is 21.1 Å². The van der Waals surface area contributed by atoms with Crippen LogP contribution in [0.5, 0.6) is 11.5 Å². The molecular formula is C26H22N6O. The predicted molar refractivity (Wildman–Crippen MR) is 132 cm³/mol. The van der Waals surface area contributed by atoms with E-state index in [0.29, 0.717) is 17.3 Å². The number of pyridine rings is 1. The lowest BCUT2D eigenvalue weighted by Crippen LogP contribution is -2.05. The van der Waals surface area contributed by atoms with Crippen molar-refractivity contribution in [3.8, 4) is 11.5 Å². The molecule has 0 aliphatic carbocycles. The first kappa shape index (κ1) is 20.3. The van der Waals surface area contributed by atoms with Crippen LogP contribution >= 0.6 is 0 Å². The summed E-state index contributed by atoms with van der Waals surface area (Å²) in [5, 5.41) is 7.59. The second-order valence-corrected chi connectivity index (χ2v) is 7.50. The van der Waals surface area contributed by atoms with Gasteiger partial charge in [0.2, 0.25) is 0 Å². The quantitative estimate of drug-likeness (QED) is 0.293. The van der Waals surface area contributed by atoms with Crippen LogP contribution in [0.4, 0.5) is 28.7 Å². The first-order valence-corrected chi connectivity index (χ1v) is 10.5. The van der Waals surface area contributed by atoms with Crippen LogP contribution in [-0.4, -0.2) is 15.0 Å². The Morgan fingerprint density at radius 2 is 1.45 bits per heavy atom. The molecule has 0 aliphatic heterocycles. The van der Waals surface area contributed by atoms with Gasteiger partial charge in [0.05, 0.1) is 11.2 Å². The van der Waals surface area contributed by atoms with Gasteiger partial charge in [-0.05, 0) is 55.5 Å². The molecule has 0 unspecified atom stereocenters. The molecule has 2 heterocycles. The highest BCUT2D eigenvalue weighted by Gasteiger charge is 2.11. The third kappa shape index (κ3) is 4.52. The maximum absolute atomic E-state index is 6.39. The van der Waals surface area contributed by atoms with Gasteiger partial charge < -0.3 is 21.1 Å². The molecule has 0 spiro atoms. The Balaban J connectivity index is 1.35. The molecule has 0 amide bonds. The highest BCUT2D eigenvalue weighted by atomic mass is 16.5. The van der Waals surface area contributed by atoms with Crippen molar-refractivity contribution in [1.82, 2.24) is 15.0 Å². The van der Waals surface area contributed by atoms with Crippen molar-refractivity contribution in [3.05, 3.63) is 97.0 Å². The summed E-state index contributed by atoms with van der Waals surface area (Å²) in [6.45, 7) is 1.97. The second kappa shape index (κ2) is 8.84. The van der Waals surface area contributed by atoms with Gasteiger partial charge in [0.15, 0.2) is 11.6 Å². The van der Waals surface area contributed by atoms with Crippen LogP contribution in [-0.2, 0) is 0 Å². The van der Waals surface area contributed by atoms with E-state index in [1.165, 1.54) is 6.33 Å². The fraction of sp³-hybridized carbons (Fsp3) is 0.0385. The maximum Gasteiger partial charge on any atom is 0.159 e. The number of rotatable bonds is 6. The van der Waals surface area contributed by atoms with Crippen molar-refractivity contribution >= 4 is 39.6 Å². The standard InChI is InChI=1S/C26H22N6O/c1-17-10-11-18-6-5-9-22(24(18)30-17)32-26-23(27)25(28-16-29-26)31-19-12-14-21(15-13-19)33-20-7-3-2-4-8-20/h2-16H,27H2,1H3,(H2,28,29,31,32). The molecule has 5 aromatic rings. The van der Waals surface area contributed by atoms with Crippen molar-refractivity contribution in [2.45, 2.75) is 6.92 Å². The van der Waals surface area contributed by atoms with Crippen LogP contribution in [0.15, 0.2) is 91.3 Å². The van der Waals surface area contributed by atoms with Crippen LogP contribution in [0.25, 0.3) is 10.9 Å². The van der Waals surface area contributed by atoms with E-state index in [2.05, 4.69) is 25.6 Å². The van der Waals surface area contributed by atoms with E-state index in [1.807, 2.05) is 91.9 Å². The molecule has 0 fully saturated rings. The van der Waals surface area contributed by atoms with E-state index in [-0.39, 0.29) is 0 Å². The third-order valence-electron chi connectivity index (χ3n) is 5.09. The van der Waals surface area contributed by atoms with Gasteiger partial charge in [-0.15, -0.1) is 0 Å². The minimum atomic E-state index is 0.409. The average molecular weight is 435 g/mol. The monoisotopic (exact) mass is 434 g/mol. The van der Waals surface area contributed by atoms with Crippen LogP contribution in [0.3, 0.4) is 0 Å². The molecule has 0 saturated heterocycles. The summed E-state index contributed by atoms with van der Waals surface area (Å²) in [5.74, 6) is 2.54. The summed E-state index contributed by atoms with van der Waals surface area (Å²) in [6.07, 6.45) is 1.47. The lowest BCUT2D eigenvalue weighted by molar-refractivity contribution is 0.483. The molecule has 4 N–H and O–H groups in total. The number of fused-ring (bicyclic) bond motifs is 1. The van der Waals surface area contributed by atoms with Gasteiger partial charge in [-0.1, -0.05) is 36.4 Å². The Morgan fingerprint density at radius 1 is 0.727 bits per heavy atom. The summed E-state index contributed by atoms with van der Waals surface area (Å²) in [6, 6.07) is 27.2. The Morgan fingerprint density at radius 3 is 2.24 bits per heavy atom. The lowest BCUT2D eigenvalue weighted by Gasteiger charge is -2.14. The van der Waals surface area contributed by atoms with Gasteiger partial charge in [0.25, 0.3) is 0 Å². The minimum absolute atomic E-state index is 0.409. The molecule has 33 heavy (non-hydrogen) atoms. The number of nitrogen functional groups attached to an aromatic ring is 1. The number of hydrogen-bond acceptors (Lipinski definition) is 7. The van der Waals surface area contributed by atoms with Crippen molar-refractivity contribution < 1.29 is 4.74 Å². The van der Waals surface area contributed by atoms with E-state index in [0.717, 1.165) is 39.5 Å². The number of anilines is 5. The normalized spacial score (nSPS) is 10.7. The topological polar surface area (TPSA) is 98.0 Å². The van der Waals surface area contributed by atoms with E-state index in [4.69, 9.17) is 10.5 Å². The van der Waals surface area contributed by atoms with Gasteiger partial charge in [-0.3, -0.25) is 4.98 Å². The molecule has 7 heteroatoms.